The molecule has 24 heavy (non-hydrogen) atoms. The van der Waals surface area contributed by atoms with Crippen molar-refractivity contribution in [1.82, 2.24) is 10.5 Å². The number of furan rings is 1. The smallest absolute Gasteiger partial charge is 0.294 e. The Kier molecular flexibility index (Phi) is 4.42. The van der Waals surface area contributed by atoms with Crippen LogP contribution in [0, 0.1) is 6.92 Å². The van der Waals surface area contributed by atoms with Crippen molar-refractivity contribution in [3.05, 3.63) is 71.5 Å². The number of hydrogen-bond donors (Lipinski definition) is 2. The maximum absolute atomic E-state index is 12.0. The quantitative estimate of drug-likeness (QED) is 0.752. The maximum Gasteiger partial charge on any atom is 0.294 e. The molecule has 0 saturated carbocycles. The van der Waals surface area contributed by atoms with Gasteiger partial charge in [-0.05, 0) is 43.3 Å². The number of hydrogen-bond acceptors (Lipinski definition) is 5. The van der Waals surface area contributed by atoms with E-state index in [4.69, 9.17) is 8.94 Å². The van der Waals surface area contributed by atoms with E-state index in [1.807, 2.05) is 0 Å². The molecule has 1 aromatic carbocycles. The largest absolute Gasteiger partial charge is 0.467 e. The summed E-state index contributed by atoms with van der Waals surface area (Å²) in [6, 6.07) is 11.6. The van der Waals surface area contributed by atoms with Gasteiger partial charge in [0.15, 0.2) is 0 Å². The summed E-state index contributed by atoms with van der Waals surface area (Å²) >= 11 is 0. The van der Waals surface area contributed by atoms with Crippen molar-refractivity contribution in [2.75, 3.05) is 5.32 Å². The molecule has 0 aliphatic heterocycles. The van der Waals surface area contributed by atoms with Crippen LogP contribution in [-0.4, -0.2) is 17.0 Å². The number of anilines is 1. The third-order valence-electron chi connectivity index (χ3n) is 3.26. The highest BCUT2D eigenvalue weighted by molar-refractivity contribution is 6.02. The number of carbonyl (C=O) groups excluding carboxylic acids is 2. The average Bonchev–Trinajstić information content (AvgIpc) is 3.25. The molecule has 2 N–H and O–H groups in total. The Morgan fingerprint density at radius 1 is 1.12 bits per heavy atom. The summed E-state index contributed by atoms with van der Waals surface area (Å²) in [6.07, 6.45) is 1.55. The van der Waals surface area contributed by atoms with Gasteiger partial charge in [-0.15, -0.1) is 0 Å². The molecule has 2 aromatic heterocycles. The van der Waals surface area contributed by atoms with Crippen LogP contribution in [0.15, 0.2) is 57.7 Å². The number of aromatic nitrogens is 1. The number of nitrogens with zero attached hydrogens (tertiary/aromatic N) is 1. The molecule has 0 aliphatic carbocycles. The minimum absolute atomic E-state index is 0.132. The number of carbonyl (C=O) groups is 2. The first-order valence-electron chi connectivity index (χ1n) is 7.27. The molecule has 122 valence electrons. The van der Waals surface area contributed by atoms with Crippen LogP contribution in [0.5, 0.6) is 0 Å². The van der Waals surface area contributed by atoms with Gasteiger partial charge >= 0.3 is 0 Å². The molecular weight excluding hydrogens is 310 g/mol. The maximum atomic E-state index is 12.0. The Bertz CT molecular complexity index is 835. The van der Waals surface area contributed by atoms with Crippen LogP contribution in [0.4, 0.5) is 5.69 Å². The predicted octanol–water partition coefficient (Wildman–Crippen LogP) is 2.76. The molecule has 7 heteroatoms. The van der Waals surface area contributed by atoms with E-state index in [1.54, 1.807) is 55.7 Å². The Balaban J connectivity index is 1.58. The van der Waals surface area contributed by atoms with Crippen LogP contribution in [0.1, 0.15) is 32.4 Å². The molecular formula is C17H15N3O4. The zero-order valence-electron chi connectivity index (χ0n) is 12.9. The molecule has 2 amide bonds. The van der Waals surface area contributed by atoms with Gasteiger partial charge < -0.3 is 19.6 Å². The molecule has 0 radical (unpaired) electrons. The van der Waals surface area contributed by atoms with Gasteiger partial charge in [0, 0.05) is 17.3 Å². The topological polar surface area (TPSA) is 97.4 Å². The lowest BCUT2D eigenvalue weighted by molar-refractivity contribution is 0.0947. The first kappa shape index (κ1) is 15.5. The SMILES string of the molecule is Cc1cc(C(=O)Nc2ccc(C(=O)NCc3ccco3)cc2)on1. The highest BCUT2D eigenvalue weighted by Gasteiger charge is 2.12. The number of aryl methyl sites for hydroxylation is 1. The van der Waals surface area contributed by atoms with Gasteiger partial charge in [-0.1, -0.05) is 5.16 Å². The van der Waals surface area contributed by atoms with Gasteiger partial charge in [-0.3, -0.25) is 9.59 Å². The van der Waals surface area contributed by atoms with E-state index < -0.39 is 5.91 Å². The molecule has 7 nitrogen and oxygen atoms in total. The predicted molar refractivity (Wildman–Crippen MR) is 85.5 cm³/mol. The first-order chi connectivity index (χ1) is 11.6. The minimum Gasteiger partial charge on any atom is -0.467 e. The molecule has 0 atom stereocenters. The summed E-state index contributed by atoms with van der Waals surface area (Å²) in [5.74, 6) is 0.183. The third kappa shape index (κ3) is 3.70. The van der Waals surface area contributed by atoms with E-state index >= 15 is 0 Å². The van der Waals surface area contributed by atoms with Crippen LogP contribution in [0.25, 0.3) is 0 Å². The van der Waals surface area contributed by atoms with Gasteiger partial charge in [-0.25, -0.2) is 0 Å². The monoisotopic (exact) mass is 325 g/mol. The number of benzene rings is 1. The molecule has 2 heterocycles. The normalized spacial score (nSPS) is 10.4. The van der Waals surface area contributed by atoms with Gasteiger partial charge in [0.2, 0.25) is 5.76 Å². The van der Waals surface area contributed by atoms with E-state index in [2.05, 4.69) is 15.8 Å². The van der Waals surface area contributed by atoms with Crippen molar-refractivity contribution in [2.24, 2.45) is 0 Å². The second-order valence-electron chi connectivity index (χ2n) is 5.13. The second kappa shape index (κ2) is 6.82. The molecule has 0 saturated heterocycles. The fourth-order valence-corrected chi connectivity index (χ4v) is 2.05. The zero-order valence-corrected chi connectivity index (χ0v) is 12.9. The highest BCUT2D eigenvalue weighted by atomic mass is 16.5. The highest BCUT2D eigenvalue weighted by Crippen LogP contribution is 2.12. The lowest BCUT2D eigenvalue weighted by atomic mass is 10.2. The van der Waals surface area contributed by atoms with Crippen molar-refractivity contribution in [3.63, 3.8) is 0 Å². The zero-order chi connectivity index (χ0) is 16.9. The fraction of sp³-hybridized carbons (Fsp3) is 0.118. The summed E-state index contributed by atoms with van der Waals surface area (Å²) in [5.41, 5.74) is 1.66. The molecule has 3 aromatic rings. The minimum atomic E-state index is -0.398. The average molecular weight is 325 g/mol. The Morgan fingerprint density at radius 3 is 2.54 bits per heavy atom. The molecule has 0 spiro atoms. The van der Waals surface area contributed by atoms with E-state index in [-0.39, 0.29) is 11.7 Å². The number of amides is 2. The Labute approximate surface area is 137 Å². The van der Waals surface area contributed by atoms with E-state index in [0.29, 0.717) is 29.2 Å². The first-order valence-corrected chi connectivity index (χ1v) is 7.27. The van der Waals surface area contributed by atoms with Crippen molar-refractivity contribution in [3.8, 4) is 0 Å². The number of rotatable bonds is 5. The van der Waals surface area contributed by atoms with E-state index in [1.165, 1.54) is 0 Å². The van der Waals surface area contributed by atoms with E-state index in [0.717, 1.165) is 0 Å². The van der Waals surface area contributed by atoms with Crippen molar-refractivity contribution < 1.29 is 18.5 Å². The fourth-order valence-electron chi connectivity index (χ4n) is 2.05. The van der Waals surface area contributed by atoms with Crippen LogP contribution >= 0.6 is 0 Å². The van der Waals surface area contributed by atoms with Gasteiger partial charge in [0.25, 0.3) is 11.8 Å². The van der Waals surface area contributed by atoms with Crippen molar-refractivity contribution in [1.29, 1.82) is 0 Å². The summed E-state index contributed by atoms with van der Waals surface area (Å²) in [6.45, 7) is 2.05. The van der Waals surface area contributed by atoms with Crippen LogP contribution in [0.2, 0.25) is 0 Å². The van der Waals surface area contributed by atoms with Crippen LogP contribution < -0.4 is 10.6 Å². The van der Waals surface area contributed by atoms with Gasteiger partial charge in [0.05, 0.1) is 18.5 Å². The molecule has 3 rings (SSSR count). The summed E-state index contributed by atoms with van der Waals surface area (Å²) < 4.78 is 10.0. The lowest BCUT2D eigenvalue weighted by Gasteiger charge is -2.06. The lowest BCUT2D eigenvalue weighted by Crippen LogP contribution is -2.22. The molecule has 0 bridgehead atoms. The van der Waals surface area contributed by atoms with Gasteiger partial charge in [-0.2, -0.15) is 0 Å². The number of nitrogens with one attached hydrogen (secondary N) is 2. The standard InChI is InChI=1S/C17H15N3O4/c1-11-9-15(24-20-11)17(22)19-13-6-4-12(5-7-13)16(21)18-10-14-3-2-8-23-14/h2-9H,10H2,1H3,(H,18,21)(H,19,22). The molecule has 0 aliphatic rings. The Morgan fingerprint density at radius 2 is 1.92 bits per heavy atom. The molecule has 0 fully saturated rings. The van der Waals surface area contributed by atoms with Crippen LogP contribution in [0.3, 0.4) is 0 Å². The van der Waals surface area contributed by atoms with E-state index in [9.17, 15) is 9.59 Å². The van der Waals surface area contributed by atoms with Crippen molar-refractivity contribution in [2.45, 2.75) is 13.5 Å². The van der Waals surface area contributed by atoms with Crippen LogP contribution in [-0.2, 0) is 6.54 Å². The Hall–Kier alpha value is -3.35. The molecule has 0 unspecified atom stereocenters. The van der Waals surface area contributed by atoms with Crippen molar-refractivity contribution >= 4 is 17.5 Å². The summed E-state index contributed by atoms with van der Waals surface area (Å²) in [7, 11) is 0. The van der Waals surface area contributed by atoms with Gasteiger partial charge in [0.1, 0.15) is 5.76 Å². The summed E-state index contributed by atoms with van der Waals surface area (Å²) in [4.78, 5) is 24.0. The third-order valence-corrected chi connectivity index (χ3v) is 3.26. The second-order valence-corrected chi connectivity index (χ2v) is 5.13. The summed E-state index contributed by atoms with van der Waals surface area (Å²) in [5, 5.41) is 9.08.